The molecular formula is C25H37N3O6. The molecule has 0 saturated heterocycles. The molecule has 0 fully saturated rings. The minimum atomic E-state index is -0.717. The Balaban J connectivity index is 2.57. The molecule has 9 heteroatoms. The van der Waals surface area contributed by atoms with Gasteiger partial charge in [-0.25, -0.2) is 14.6 Å². The van der Waals surface area contributed by atoms with Crippen LogP contribution in [0.2, 0.25) is 0 Å². The normalized spacial score (nSPS) is 16.5. The summed E-state index contributed by atoms with van der Waals surface area (Å²) in [5.74, 6) is -0.512. The summed E-state index contributed by atoms with van der Waals surface area (Å²) in [6.45, 7) is 9.59. The highest BCUT2D eigenvalue weighted by Gasteiger charge is 2.42. The van der Waals surface area contributed by atoms with Crippen molar-refractivity contribution in [3.8, 4) is 0 Å². The average molecular weight is 476 g/mol. The number of nitrogens with zero attached hydrogens (tertiary/aromatic N) is 2. The molecule has 1 aliphatic heterocycles. The summed E-state index contributed by atoms with van der Waals surface area (Å²) in [6.07, 6.45) is 1.22. The van der Waals surface area contributed by atoms with Crippen molar-refractivity contribution < 1.29 is 28.6 Å². The Morgan fingerprint density at radius 1 is 1.21 bits per heavy atom. The van der Waals surface area contributed by atoms with Crippen LogP contribution in [-0.2, 0) is 19.0 Å². The Bertz CT molecular complexity index is 917. The number of carbonyl (C=O) groups excluding carboxylic acids is 3. The van der Waals surface area contributed by atoms with Crippen LogP contribution in [0.1, 0.15) is 82.3 Å². The summed E-state index contributed by atoms with van der Waals surface area (Å²) < 4.78 is 15.6. The molecule has 9 nitrogen and oxygen atoms in total. The molecule has 0 aliphatic carbocycles. The number of benzene rings is 1. The van der Waals surface area contributed by atoms with E-state index in [0.717, 1.165) is 0 Å². The summed E-state index contributed by atoms with van der Waals surface area (Å²) in [6, 6.07) is 6.36. The van der Waals surface area contributed by atoms with Crippen molar-refractivity contribution >= 4 is 23.9 Å². The number of nitrogens with one attached hydrogen (secondary N) is 1. The highest BCUT2D eigenvalue weighted by Crippen LogP contribution is 2.35. The average Bonchev–Trinajstić information content (AvgIpc) is 2.78. The molecule has 0 aromatic heterocycles. The van der Waals surface area contributed by atoms with E-state index in [1.165, 1.54) is 12.0 Å². The van der Waals surface area contributed by atoms with E-state index >= 15 is 0 Å². The zero-order chi connectivity index (χ0) is 25.5. The molecule has 0 spiro atoms. The molecule has 1 unspecified atom stereocenters. The highest BCUT2D eigenvalue weighted by molar-refractivity contribution is 6.05. The second-order valence-corrected chi connectivity index (χ2v) is 9.35. The number of aliphatic imine (C=N–C) groups is 1. The minimum absolute atomic E-state index is 0.138. The van der Waals surface area contributed by atoms with Gasteiger partial charge in [-0.3, -0.25) is 15.0 Å². The van der Waals surface area contributed by atoms with Crippen molar-refractivity contribution in [3.05, 3.63) is 35.4 Å². The van der Waals surface area contributed by atoms with Gasteiger partial charge in [0.25, 0.3) is 0 Å². The molecule has 0 bridgehead atoms. The topological polar surface area (TPSA) is 107 Å². The first-order valence-electron chi connectivity index (χ1n) is 11.6. The van der Waals surface area contributed by atoms with Crippen molar-refractivity contribution in [2.45, 2.75) is 77.5 Å². The van der Waals surface area contributed by atoms with Crippen LogP contribution >= 0.6 is 0 Å². The number of carbonyl (C=O) groups is 3. The summed E-state index contributed by atoms with van der Waals surface area (Å²) in [5, 5.41) is 2.72. The number of amides is 2. The van der Waals surface area contributed by atoms with Gasteiger partial charge in [-0.1, -0.05) is 26.0 Å². The Morgan fingerprint density at radius 2 is 1.88 bits per heavy atom. The number of guanidine groups is 1. The molecule has 188 valence electrons. The molecule has 34 heavy (non-hydrogen) atoms. The molecule has 1 atom stereocenters. The summed E-state index contributed by atoms with van der Waals surface area (Å²) in [7, 11) is 2.89. The van der Waals surface area contributed by atoms with Crippen molar-refractivity contribution in [2.75, 3.05) is 20.8 Å². The predicted molar refractivity (Wildman–Crippen MR) is 129 cm³/mol. The third kappa shape index (κ3) is 6.79. The van der Waals surface area contributed by atoms with Gasteiger partial charge < -0.3 is 14.2 Å². The first-order valence-corrected chi connectivity index (χ1v) is 11.6. The fourth-order valence-electron chi connectivity index (χ4n) is 3.93. The molecule has 0 saturated carbocycles. The van der Waals surface area contributed by atoms with Crippen molar-refractivity contribution in [1.82, 2.24) is 10.2 Å². The lowest BCUT2D eigenvalue weighted by Gasteiger charge is -2.41. The summed E-state index contributed by atoms with van der Waals surface area (Å²) in [4.78, 5) is 44.7. The zero-order valence-electron chi connectivity index (χ0n) is 21.3. The molecule has 1 heterocycles. The van der Waals surface area contributed by atoms with Gasteiger partial charge in [-0.2, -0.15) is 0 Å². The highest BCUT2D eigenvalue weighted by atomic mass is 16.6. The van der Waals surface area contributed by atoms with Crippen LogP contribution in [0.25, 0.3) is 0 Å². The van der Waals surface area contributed by atoms with Crippen molar-refractivity contribution in [3.63, 3.8) is 0 Å². The van der Waals surface area contributed by atoms with Crippen LogP contribution in [0.5, 0.6) is 0 Å². The summed E-state index contributed by atoms with van der Waals surface area (Å²) >= 11 is 0. The molecular weight excluding hydrogens is 438 g/mol. The lowest BCUT2D eigenvalue weighted by Crippen LogP contribution is -2.56. The molecule has 2 rings (SSSR count). The van der Waals surface area contributed by atoms with Crippen LogP contribution in [0.15, 0.2) is 29.3 Å². The van der Waals surface area contributed by atoms with Gasteiger partial charge in [-0.15, -0.1) is 0 Å². The number of ether oxygens (including phenoxy) is 3. The predicted octanol–water partition coefficient (Wildman–Crippen LogP) is 4.22. The van der Waals surface area contributed by atoms with Crippen LogP contribution in [0.4, 0.5) is 4.79 Å². The first kappa shape index (κ1) is 27.3. The van der Waals surface area contributed by atoms with E-state index in [-0.39, 0.29) is 18.3 Å². The van der Waals surface area contributed by atoms with Gasteiger partial charge in [-0.05, 0) is 57.7 Å². The Kier molecular flexibility index (Phi) is 9.21. The quantitative estimate of drug-likeness (QED) is 0.564. The van der Waals surface area contributed by atoms with Crippen molar-refractivity contribution in [2.24, 2.45) is 4.99 Å². The van der Waals surface area contributed by atoms with Crippen LogP contribution in [0, 0.1) is 0 Å². The van der Waals surface area contributed by atoms with E-state index in [9.17, 15) is 14.4 Å². The largest absolute Gasteiger partial charge is 0.465 e. The van der Waals surface area contributed by atoms with E-state index in [0.29, 0.717) is 37.0 Å². The second-order valence-electron chi connectivity index (χ2n) is 9.35. The van der Waals surface area contributed by atoms with E-state index < -0.39 is 29.2 Å². The van der Waals surface area contributed by atoms with Crippen molar-refractivity contribution in [1.29, 1.82) is 0 Å². The standard InChI is InChI=1S/C25H37N3O6/c1-8-25(9-2)16-20(29)28(22(27-25)26-23(31)34-24(3,4)5)19(13-14-32-6)17-11-10-12-18(15-17)21(30)33-7/h10-12,15,19H,8-9,13-14,16H2,1-7H3,(H,26,27,31). The fourth-order valence-corrected chi connectivity index (χ4v) is 3.93. The van der Waals surface area contributed by atoms with Gasteiger partial charge in [0.1, 0.15) is 5.60 Å². The minimum Gasteiger partial charge on any atom is -0.465 e. The number of methoxy groups -OCH3 is 2. The van der Waals surface area contributed by atoms with Crippen LogP contribution in [0.3, 0.4) is 0 Å². The van der Waals surface area contributed by atoms with Gasteiger partial charge in [0, 0.05) is 13.7 Å². The zero-order valence-corrected chi connectivity index (χ0v) is 21.3. The molecule has 1 aliphatic rings. The van der Waals surface area contributed by atoms with Gasteiger partial charge in [0.15, 0.2) is 0 Å². The molecule has 0 radical (unpaired) electrons. The van der Waals surface area contributed by atoms with E-state index in [4.69, 9.17) is 19.2 Å². The maximum atomic E-state index is 13.6. The number of hydrogen-bond acceptors (Lipinski definition) is 7. The third-order valence-electron chi connectivity index (χ3n) is 5.85. The third-order valence-corrected chi connectivity index (χ3v) is 5.85. The number of hydrogen-bond donors (Lipinski definition) is 1. The Morgan fingerprint density at radius 3 is 2.44 bits per heavy atom. The van der Waals surface area contributed by atoms with Gasteiger partial charge in [0.05, 0.1) is 30.7 Å². The molecule has 1 aromatic rings. The molecule has 1 aromatic carbocycles. The second kappa shape index (κ2) is 11.5. The smallest absolute Gasteiger partial charge is 0.414 e. The van der Waals surface area contributed by atoms with E-state index in [1.807, 2.05) is 19.9 Å². The van der Waals surface area contributed by atoms with E-state index in [1.54, 1.807) is 46.1 Å². The monoisotopic (exact) mass is 475 g/mol. The maximum Gasteiger partial charge on any atom is 0.414 e. The van der Waals surface area contributed by atoms with Crippen LogP contribution in [-0.4, -0.2) is 60.8 Å². The van der Waals surface area contributed by atoms with Gasteiger partial charge in [0.2, 0.25) is 11.9 Å². The Labute approximate surface area is 201 Å². The molecule has 1 N–H and O–H groups in total. The fraction of sp³-hybridized carbons (Fsp3) is 0.600. The summed E-state index contributed by atoms with van der Waals surface area (Å²) in [5.41, 5.74) is -0.266. The number of rotatable bonds is 8. The maximum absolute atomic E-state index is 13.6. The number of esters is 1. The van der Waals surface area contributed by atoms with E-state index in [2.05, 4.69) is 5.32 Å². The van der Waals surface area contributed by atoms with Crippen LogP contribution < -0.4 is 5.32 Å². The first-order chi connectivity index (χ1) is 16.0. The lowest BCUT2D eigenvalue weighted by atomic mass is 9.87. The lowest BCUT2D eigenvalue weighted by molar-refractivity contribution is -0.132. The SMILES string of the molecule is CCC1(CC)CC(=O)N(C(CCOC)c2cccc(C(=O)OC)c2)C(NC(=O)OC(C)(C)C)=N1. The Hall–Kier alpha value is -2.94. The molecule has 2 amide bonds. The number of alkyl carbamates (subject to hydrolysis) is 1. The van der Waals surface area contributed by atoms with Gasteiger partial charge >= 0.3 is 12.1 Å².